The number of nitrogens with zero attached hydrogens (tertiary/aromatic N) is 5. The second-order valence-electron chi connectivity index (χ2n) is 5.96. The van der Waals surface area contributed by atoms with Gasteiger partial charge in [-0.25, -0.2) is 9.48 Å². The van der Waals surface area contributed by atoms with Gasteiger partial charge in [0.05, 0.1) is 17.7 Å². The minimum atomic E-state index is -0.337. The Labute approximate surface area is 150 Å². The summed E-state index contributed by atoms with van der Waals surface area (Å²) in [4.78, 5) is 26.8. The van der Waals surface area contributed by atoms with Crippen LogP contribution in [0.3, 0.4) is 0 Å². The molecule has 1 aromatic carbocycles. The van der Waals surface area contributed by atoms with Gasteiger partial charge in [-0.3, -0.25) is 9.20 Å². The number of amides is 1. The van der Waals surface area contributed by atoms with Crippen molar-refractivity contribution < 1.29 is 4.79 Å². The molecule has 7 nitrogen and oxygen atoms in total. The summed E-state index contributed by atoms with van der Waals surface area (Å²) < 4.78 is 2.60. The molecule has 26 heavy (non-hydrogen) atoms. The minimum absolute atomic E-state index is 0.116. The Morgan fingerprint density at radius 1 is 1.27 bits per heavy atom. The summed E-state index contributed by atoms with van der Waals surface area (Å²) in [6.45, 7) is 4.21. The average molecular weight is 349 g/mol. The zero-order valence-electron chi connectivity index (χ0n) is 14.7. The molecule has 1 unspecified atom stereocenters. The fourth-order valence-electron chi connectivity index (χ4n) is 2.97. The van der Waals surface area contributed by atoms with E-state index < -0.39 is 0 Å². The summed E-state index contributed by atoms with van der Waals surface area (Å²) in [5.41, 5.74) is 1.68. The Morgan fingerprint density at radius 3 is 2.62 bits per heavy atom. The summed E-state index contributed by atoms with van der Waals surface area (Å²) in [6.07, 6.45) is 1.63. The number of aromatic nitrogens is 3. The van der Waals surface area contributed by atoms with E-state index in [9.17, 15) is 9.59 Å². The van der Waals surface area contributed by atoms with Crippen molar-refractivity contribution in [2.24, 2.45) is 0 Å². The van der Waals surface area contributed by atoms with Crippen LogP contribution in [0.4, 0.5) is 0 Å². The fourth-order valence-corrected chi connectivity index (χ4v) is 2.97. The molecule has 0 fully saturated rings. The average Bonchev–Trinajstić information content (AvgIpc) is 2.98. The van der Waals surface area contributed by atoms with Gasteiger partial charge in [-0.1, -0.05) is 18.2 Å². The zero-order valence-corrected chi connectivity index (χ0v) is 14.7. The van der Waals surface area contributed by atoms with Gasteiger partial charge in [0, 0.05) is 12.7 Å². The van der Waals surface area contributed by atoms with Crippen molar-refractivity contribution in [1.29, 1.82) is 5.26 Å². The van der Waals surface area contributed by atoms with E-state index in [2.05, 4.69) is 11.2 Å². The van der Waals surface area contributed by atoms with Crippen LogP contribution in [-0.2, 0) is 11.3 Å². The Kier molecular flexibility index (Phi) is 4.85. The summed E-state index contributed by atoms with van der Waals surface area (Å²) in [5, 5.41) is 13.1. The molecular formula is C19H19N5O2. The van der Waals surface area contributed by atoms with Crippen LogP contribution in [0.1, 0.15) is 31.0 Å². The normalized spacial score (nSPS) is 11.9. The van der Waals surface area contributed by atoms with E-state index in [1.807, 2.05) is 26.0 Å². The molecule has 0 aliphatic heterocycles. The zero-order chi connectivity index (χ0) is 18.7. The lowest BCUT2D eigenvalue weighted by atomic mass is 10.0. The first kappa shape index (κ1) is 17.4. The number of carbonyl (C=O) groups excluding carboxylic acids is 1. The molecule has 7 heteroatoms. The van der Waals surface area contributed by atoms with Crippen LogP contribution in [0.25, 0.3) is 5.65 Å². The standard InChI is InChI=1S/C19H19N5O2/c1-3-22(14(2)16-9-7-15(12-20)8-10-16)18(25)13-24-19(26)23-11-5-4-6-17(23)21-24/h4-11,14H,3,13H2,1-2H3. The van der Waals surface area contributed by atoms with Gasteiger partial charge in [0.15, 0.2) is 5.65 Å². The smallest absolute Gasteiger partial charge is 0.335 e. The third-order valence-electron chi connectivity index (χ3n) is 4.42. The van der Waals surface area contributed by atoms with Gasteiger partial charge in [-0.2, -0.15) is 5.26 Å². The van der Waals surface area contributed by atoms with Gasteiger partial charge in [0.25, 0.3) is 0 Å². The van der Waals surface area contributed by atoms with Crippen LogP contribution in [0.5, 0.6) is 0 Å². The van der Waals surface area contributed by atoms with Gasteiger partial charge < -0.3 is 4.90 Å². The van der Waals surface area contributed by atoms with Crippen molar-refractivity contribution in [3.8, 4) is 6.07 Å². The van der Waals surface area contributed by atoms with Gasteiger partial charge in [0.1, 0.15) is 6.54 Å². The molecule has 132 valence electrons. The van der Waals surface area contributed by atoms with E-state index in [0.717, 1.165) is 5.56 Å². The van der Waals surface area contributed by atoms with Gasteiger partial charge in [0.2, 0.25) is 5.91 Å². The maximum atomic E-state index is 12.8. The van der Waals surface area contributed by atoms with Crippen molar-refractivity contribution in [3.05, 3.63) is 70.3 Å². The molecule has 0 saturated carbocycles. The van der Waals surface area contributed by atoms with E-state index in [-0.39, 0.29) is 24.2 Å². The quantitative estimate of drug-likeness (QED) is 0.705. The number of fused-ring (bicyclic) bond motifs is 1. The summed E-state index contributed by atoms with van der Waals surface area (Å²) in [7, 11) is 0. The lowest BCUT2D eigenvalue weighted by molar-refractivity contribution is -0.134. The Morgan fingerprint density at radius 2 is 2.00 bits per heavy atom. The van der Waals surface area contributed by atoms with E-state index in [1.54, 1.807) is 41.4 Å². The molecule has 1 atom stereocenters. The van der Waals surface area contributed by atoms with Crippen LogP contribution in [0.2, 0.25) is 0 Å². The highest BCUT2D eigenvalue weighted by Crippen LogP contribution is 2.20. The maximum absolute atomic E-state index is 12.8. The highest BCUT2D eigenvalue weighted by atomic mass is 16.2. The van der Waals surface area contributed by atoms with E-state index in [0.29, 0.717) is 17.8 Å². The number of likely N-dealkylation sites (N-methyl/N-ethyl adjacent to an activating group) is 1. The molecule has 0 N–H and O–H groups in total. The summed E-state index contributed by atoms with van der Waals surface area (Å²) in [5.74, 6) is -0.185. The molecule has 0 aliphatic carbocycles. The highest BCUT2D eigenvalue weighted by Gasteiger charge is 2.21. The first-order valence-corrected chi connectivity index (χ1v) is 8.39. The number of hydrogen-bond acceptors (Lipinski definition) is 4. The Balaban J connectivity index is 1.82. The molecule has 0 aliphatic rings. The fraction of sp³-hybridized carbons (Fsp3) is 0.263. The molecule has 2 aromatic heterocycles. The van der Waals surface area contributed by atoms with E-state index >= 15 is 0 Å². The highest BCUT2D eigenvalue weighted by molar-refractivity contribution is 5.76. The van der Waals surface area contributed by atoms with E-state index in [1.165, 1.54) is 9.08 Å². The topological polar surface area (TPSA) is 83.4 Å². The lowest BCUT2D eigenvalue weighted by Crippen LogP contribution is -2.38. The largest absolute Gasteiger partial charge is 0.350 e. The monoisotopic (exact) mass is 349 g/mol. The molecular weight excluding hydrogens is 330 g/mol. The number of carbonyl (C=O) groups is 1. The first-order valence-electron chi connectivity index (χ1n) is 8.39. The Hall–Kier alpha value is -3.40. The molecule has 0 bridgehead atoms. The first-order chi connectivity index (χ1) is 12.5. The summed E-state index contributed by atoms with van der Waals surface area (Å²) in [6, 6.07) is 14.3. The van der Waals surface area contributed by atoms with Crippen LogP contribution >= 0.6 is 0 Å². The third kappa shape index (κ3) is 3.22. The van der Waals surface area contributed by atoms with Crippen molar-refractivity contribution >= 4 is 11.6 Å². The predicted octanol–water partition coefficient (Wildman–Crippen LogP) is 1.98. The molecule has 2 heterocycles. The number of nitriles is 1. The lowest BCUT2D eigenvalue weighted by Gasteiger charge is -2.28. The molecule has 0 saturated heterocycles. The van der Waals surface area contributed by atoms with Crippen molar-refractivity contribution in [2.75, 3.05) is 6.54 Å². The SMILES string of the molecule is CCN(C(=O)Cn1nc2ccccn2c1=O)C(C)c1ccc(C#N)cc1. The van der Waals surface area contributed by atoms with E-state index in [4.69, 9.17) is 5.26 Å². The predicted molar refractivity (Wildman–Crippen MR) is 96.4 cm³/mol. The van der Waals surface area contributed by atoms with Gasteiger partial charge in [-0.15, -0.1) is 5.10 Å². The van der Waals surface area contributed by atoms with Crippen LogP contribution < -0.4 is 5.69 Å². The second kappa shape index (κ2) is 7.23. The number of rotatable bonds is 5. The van der Waals surface area contributed by atoms with Crippen LogP contribution in [-0.4, -0.2) is 31.5 Å². The Bertz CT molecular complexity index is 1030. The molecule has 3 rings (SSSR count). The molecule has 3 aromatic rings. The number of hydrogen-bond donors (Lipinski definition) is 0. The van der Waals surface area contributed by atoms with Crippen LogP contribution in [0, 0.1) is 11.3 Å². The van der Waals surface area contributed by atoms with Gasteiger partial charge >= 0.3 is 5.69 Å². The molecule has 0 spiro atoms. The van der Waals surface area contributed by atoms with Crippen LogP contribution in [0.15, 0.2) is 53.5 Å². The molecule has 0 radical (unpaired) electrons. The van der Waals surface area contributed by atoms with Crippen molar-refractivity contribution in [2.45, 2.75) is 26.4 Å². The number of pyridine rings is 1. The third-order valence-corrected chi connectivity index (χ3v) is 4.42. The maximum Gasteiger partial charge on any atom is 0.350 e. The molecule has 1 amide bonds. The minimum Gasteiger partial charge on any atom is -0.335 e. The summed E-state index contributed by atoms with van der Waals surface area (Å²) >= 11 is 0. The van der Waals surface area contributed by atoms with Crippen molar-refractivity contribution in [3.63, 3.8) is 0 Å². The number of benzene rings is 1. The van der Waals surface area contributed by atoms with Crippen molar-refractivity contribution in [1.82, 2.24) is 19.1 Å². The second-order valence-corrected chi connectivity index (χ2v) is 5.96. The van der Waals surface area contributed by atoms with Gasteiger partial charge in [-0.05, 0) is 43.7 Å².